The van der Waals surface area contributed by atoms with Crippen molar-refractivity contribution in [3.05, 3.63) is 64.9 Å². The van der Waals surface area contributed by atoms with Crippen LogP contribution in [0.3, 0.4) is 0 Å². The maximum atomic E-state index is 6.37. The standard InChI is InChI=1S/C18H18OS2/c1-20-13-11-17(18-10-5-12-21-18)19-16-9-4-7-14-6-2-3-8-15(14)16/h2-10,12,17H,11,13H2,1H3/t17-/m0/s1. The lowest BCUT2D eigenvalue weighted by Crippen LogP contribution is -2.07. The molecule has 3 heteroatoms. The van der Waals surface area contributed by atoms with Gasteiger partial charge in [0.05, 0.1) is 0 Å². The first-order valence-corrected chi connectivity index (χ1v) is 9.32. The fourth-order valence-electron chi connectivity index (χ4n) is 2.41. The number of fused-ring (bicyclic) bond motifs is 1. The van der Waals surface area contributed by atoms with Crippen molar-refractivity contribution in [2.75, 3.05) is 12.0 Å². The van der Waals surface area contributed by atoms with Gasteiger partial charge in [0.15, 0.2) is 0 Å². The minimum absolute atomic E-state index is 0.142. The first kappa shape index (κ1) is 14.5. The van der Waals surface area contributed by atoms with Crippen molar-refractivity contribution in [2.45, 2.75) is 12.5 Å². The van der Waals surface area contributed by atoms with Gasteiger partial charge in [-0.3, -0.25) is 0 Å². The van der Waals surface area contributed by atoms with Crippen molar-refractivity contribution in [2.24, 2.45) is 0 Å². The van der Waals surface area contributed by atoms with Crippen molar-refractivity contribution >= 4 is 33.9 Å². The fraction of sp³-hybridized carbons (Fsp3) is 0.222. The van der Waals surface area contributed by atoms with E-state index < -0.39 is 0 Å². The Bertz CT molecular complexity index is 686. The van der Waals surface area contributed by atoms with Crippen LogP contribution >= 0.6 is 23.1 Å². The molecule has 0 amide bonds. The summed E-state index contributed by atoms with van der Waals surface area (Å²) >= 11 is 3.64. The first-order valence-electron chi connectivity index (χ1n) is 7.05. The molecular formula is C18H18OS2. The van der Waals surface area contributed by atoms with E-state index in [2.05, 4.69) is 66.2 Å². The molecule has 0 spiro atoms. The Hall–Kier alpha value is -1.45. The summed E-state index contributed by atoms with van der Waals surface area (Å²) in [6.07, 6.45) is 3.32. The monoisotopic (exact) mass is 314 g/mol. The lowest BCUT2D eigenvalue weighted by molar-refractivity contribution is 0.209. The summed E-state index contributed by atoms with van der Waals surface area (Å²) in [4.78, 5) is 1.30. The van der Waals surface area contributed by atoms with Crippen LogP contribution < -0.4 is 4.74 Å². The second kappa shape index (κ2) is 7.01. The molecule has 0 radical (unpaired) electrons. The van der Waals surface area contributed by atoms with Crippen LogP contribution in [0.4, 0.5) is 0 Å². The molecule has 0 aliphatic rings. The molecule has 21 heavy (non-hydrogen) atoms. The Labute approximate surface area is 134 Å². The molecule has 3 aromatic rings. The van der Waals surface area contributed by atoms with Gasteiger partial charge in [0.1, 0.15) is 11.9 Å². The molecule has 0 saturated heterocycles. The van der Waals surface area contributed by atoms with Crippen LogP contribution in [0.25, 0.3) is 10.8 Å². The van der Waals surface area contributed by atoms with Crippen molar-refractivity contribution in [1.29, 1.82) is 0 Å². The third-order valence-corrected chi connectivity index (χ3v) is 5.07. The van der Waals surface area contributed by atoms with Gasteiger partial charge in [-0.1, -0.05) is 42.5 Å². The summed E-state index contributed by atoms with van der Waals surface area (Å²) in [6, 6.07) is 18.9. The molecule has 1 nitrogen and oxygen atoms in total. The molecular weight excluding hydrogens is 296 g/mol. The van der Waals surface area contributed by atoms with Gasteiger partial charge in [-0.15, -0.1) is 11.3 Å². The predicted molar refractivity (Wildman–Crippen MR) is 94.6 cm³/mol. The molecule has 0 aliphatic heterocycles. The van der Waals surface area contributed by atoms with Crippen LogP contribution in [0.15, 0.2) is 60.0 Å². The Balaban J connectivity index is 1.90. The van der Waals surface area contributed by atoms with Gasteiger partial charge < -0.3 is 4.74 Å². The Morgan fingerprint density at radius 3 is 2.71 bits per heavy atom. The quantitative estimate of drug-likeness (QED) is 0.571. The average molecular weight is 314 g/mol. The highest BCUT2D eigenvalue weighted by Crippen LogP contribution is 2.33. The average Bonchev–Trinajstić information content (AvgIpc) is 3.06. The molecule has 0 aliphatic carbocycles. The predicted octanol–water partition coefficient (Wildman–Crippen LogP) is 5.77. The third kappa shape index (κ3) is 3.42. The summed E-state index contributed by atoms with van der Waals surface area (Å²) in [6.45, 7) is 0. The number of benzene rings is 2. The lowest BCUT2D eigenvalue weighted by atomic mass is 10.1. The largest absolute Gasteiger partial charge is 0.484 e. The summed E-state index contributed by atoms with van der Waals surface area (Å²) < 4.78 is 6.37. The van der Waals surface area contributed by atoms with Crippen molar-refractivity contribution in [1.82, 2.24) is 0 Å². The smallest absolute Gasteiger partial charge is 0.134 e. The zero-order chi connectivity index (χ0) is 14.5. The van der Waals surface area contributed by atoms with E-state index in [9.17, 15) is 0 Å². The van der Waals surface area contributed by atoms with Crippen LogP contribution in [0.1, 0.15) is 17.4 Å². The number of thioether (sulfide) groups is 1. The van der Waals surface area contributed by atoms with Gasteiger partial charge in [0.25, 0.3) is 0 Å². The van der Waals surface area contributed by atoms with Gasteiger partial charge in [-0.25, -0.2) is 0 Å². The van der Waals surface area contributed by atoms with Crippen LogP contribution in [-0.4, -0.2) is 12.0 Å². The summed E-state index contributed by atoms with van der Waals surface area (Å²) in [5.74, 6) is 2.08. The highest BCUT2D eigenvalue weighted by atomic mass is 32.2. The van der Waals surface area contributed by atoms with Crippen LogP contribution in [0.2, 0.25) is 0 Å². The number of thiophene rings is 1. The van der Waals surface area contributed by atoms with Crippen molar-refractivity contribution in [3.63, 3.8) is 0 Å². The van der Waals surface area contributed by atoms with Gasteiger partial charge in [-0.05, 0) is 41.3 Å². The highest BCUT2D eigenvalue weighted by molar-refractivity contribution is 7.98. The Kier molecular flexibility index (Phi) is 4.84. The van der Waals surface area contributed by atoms with E-state index in [0.29, 0.717) is 0 Å². The van der Waals surface area contributed by atoms with E-state index >= 15 is 0 Å². The van der Waals surface area contributed by atoms with Crippen LogP contribution in [0.5, 0.6) is 5.75 Å². The van der Waals surface area contributed by atoms with E-state index in [-0.39, 0.29) is 6.10 Å². The van der Waals surface area contributed by atoms with Gasteiger partial charge >= 0.3 is 0 Å². The van der Waals surface area contributed by atoms with E-state index in [1.807, 2.05) is 11.8 Å². The molecule has 0 saturated carbocycles. The lowest BCUT2D eigenvalue weighted by Gasteiger charge is -2.19. The minimum atomic E-state index is 0.142. The van der Waals surface area contributed by atoms with Gasteiger partial charge in [0.2, 0.25) is 0 Å². The SMILES string of the molecule is CSCC[C@H](Oc1cccc2ccccc12)c1cccs1. The molecule has 0 fully saturated rings. The second-order valence-electron chi connectivity index (χ2n) is 4.88. The van der Waals surface area contributed by atoms with Crippen LogP contribution in [-0.2, 0) is 0 Å². The van der Waals surface area contributed by atoms with Gasteiger partial charge in [0, 0.05) is 10.3 Å². The van der Waals surface area contributed by atoms with E-state index in [4.69, 9.17) is 4.74 Å². The van der Waals surface area contributed by atoms with E-state index in [1.165, 1.54) is 15.6 Å². The van der Waals surface area contributed by atoms with Crippen molar-refractivity contribution in [3.8, 4) is 5.75 Å². The van der Waals surface area contributed by atoms with E-state index in [1.54, 1.807) is 11.3 Å². The summed E-state index contributed by atoms with van der Waals surface area (Å²) in [7, 11) is 0. The number of ether oxygens (including phenoxy) is 1. The molecule has 0 unspecified atom stereocenters. The zero-order valence-electron chi connectivity index (χ0n) is 12.0. The number of hydrogen-bond acceptors (Lipinski definition) is 3. The van der Waals surface area contributed by atoms with Gasteiger partial charge in [-0.2, -0.15) is 11.8 Å². The third-order valence-electron chi connectivity index (χ3n) is 3.46. The van der Waals surface area contributed by atoms with Crippen molar-refractivity contribution < 1.29 is 4.74 Å². The molecule has 0 bridgehead atoms. The molecule has 1 aromatic heterocycles. The minimum Gasteiger partial charge on any atom is -0.484 e. The van der Waals surface area contributed by atoms with E-state index in [0.717, 1.165) is 17.9 Å². The summed E-state index contributed by atoms with van der Waals surface area (Å²) in [5, 5.41) is 4.53. The first-order chi connectivity index (χ1) is 10.4. The molecule has 1 heterocycles. The Morgan fingerprint density at radius 1 is 1.05 bits per heavy atom. The molecule has 1 atom stereocenters. The molecule has 2 aromatic carbocycles. The Morgan fingerprint density at radius 2 is 1.90 bits per heavy atom. The van der Waals surface area contributed by atoms with Crippen LogP contribution in [0, 0.1) is 0 Å². The topological polar surface area (TPSA) is 9.23 Å². The zero-order valence-corrected chi connectivity index (χ0v) is 13.6. The molecule has 3 rings (SSSR count). The normalized spacial score (nSPS) is 12.4. The fourth-order valence-corrected chi connectivity index (χ4v) is 3.65. The molecule has 108 valence electrons. The maximum Gasteiger partial charge on any atom is 0.134 e. The maximum absolute atomic E-state index is 6.37. The number of hydrogen-bond donors (Lipinski definition) is 0. The summed E-state index contributed by atoms with van der Waals surface area (Å²) in [5.41, 5.74) is 0. The molecule has 0 N–H and O–H groups in total. The number of rotatable bonds is 6. The highest BCUT2D eigenvalue weighted by Gasteiger charge is 2.15. The second-order valence-corrected chi connectivity index (χ2v) is 6.85.